The van der Waals surface area contributed by atoms with Crippen LogP contribution in [0.15, 0.2) is 59.1 Å². The van der Waals surface area contributed by atoms with Crippen molar-refractivity contribution in [1.29, 1.82) is 0 Å². The van der Waals surface area contributed by atoms with Gasteiger partial charge < -0.3 is 10.1 Å². The van der Waals surface area contributed by atoms with Crippen LogP contribution in [-0.4, -0.2) is 17.1 Å². The maximum atomic E-state index is 12.0. The quantitative estimate of drug-likeness (QED) is 0.525. The summed E-state index contributed by atoms with van der Waals surface area (Å²) in [4.78, 5) is 12.0. The molecule has 0 aliphatic heterocycles. The van der Waals surface area contributed by atoms with Gasteiger partial charge in [-0.05, 0) is 42.9 Å². The van der Waals surface area contributed by atoms with E-state index in [1.165, 1.54) is 0 Å². The van der Waals surface area contributed by atoms with E-state index in [0.29, 0.717) is 17.4 Å². The predicted octanol–water partition coefficient (Wildman–Crippen LogP) is 2.91. The minimum atomic E-state index is -0.663. The molecule has 0 aliphatic rings. The van der Waals surface area contributed by atoms with Crippen molar-refractivity contribution in [2.75, 3.05) is 0 Å². The molecule has 5 nitrogen and oxygen atoms in total. The molecule has 0 heterocycles. The normalized spacial score (nSPS) is 11.2. The van der Waals surface area contributed by atoms with Crippen molar-refractivity contribution in [3.05, 3.63) is 64.6 Å². The Bertz CT molecular complexity index is 697. The van der Waals surface area contributed by atoms with Gasteiger partial charge in [0.1, 0.15) is 5.75 Å². The lowest BCUT2D eigenvalue weighted by Crippen LogP contribution is -2.50. The number of rotatable bonds is 5. The largest absolute Gasteiger partial charge is 0.481 e. The Hall–Kier alpha value is -2.12. The molecule has 0 unspecified atom stereocenters. The van der Waals surface area contributed by atoms with Crippen LogP contribution in [0.5, 0.6) is 5.75 Å². The average Bonchev–Trinajstić information content (AvgIpc) is 2.58. The monoisotopic (exact) mass is 407 g/mol. The maximum absolute atomic E-state index is 12.0. The van der Waals surface area contributed by atoms with Gasteiger partial charge in [-0.15, -0.1) is 0 Å². The third-order valence-electron chi connectivity index (χ3n) is 3.07. The third kappa shape index (κ3) is 6.17. The molecule has 0 saturated carbocycles. The molecular formula is C17H18BrN3O2S. The van der Waals surface area contributed by atoms with Gasteiger partial charge in [0, 0.05) is 11.0 Å². The molecule has 0 fully saturated rings. The predicted molar refractivity (Wildman–Crippen MR) is 101 cm³/mol. The van der Waals surface area contributed by atoms with Crippen LogP contribution >= 0.6 is 28.1 Å². The minimum Gasteiger partial charge on any atom is -0.481 e. The van der Waals surface area contributed by atoms with Crippen LogP contribution in [0.25, 0.3) is 0 Å². The molecule has 1 amide bonds. The Labute approximate surface area is 154 Å². The van der Waals surface area contributed by atoms with Crippen molar-refractivity contribution in [3.8, 4) is 5.75 Å². The lowest BCUT2D eigenvalue weighted by atomic mass is 10.2. The van der Waals surface area contributed by atoms with Gasteiger partial charge in [-0.1, -0.05) is 52.3 Å². The molecule has 3 N–H and O–H groups in total. The van der Waals surface area contributed by atoms with Crippen molar-refractivity contribution in [2.24, 2.45) is 0 Å². The van der Waals surface area contributed by atoms with E-state index >= 15 is 0 Å². The van der Waals surface area contributed by atoms with Crippen LogP contribution in [-0.2, 0) is 11.3 Å². The van der Waals surface area contributed by atoms with Crippen molar-refractivity contribution >= 4 is 39.2 Å². The molecule has 0 aromatic heterocycles. The second-order valence-corrected chi connectivity index (χ2v) is 6.32. The van der Waals surface area contributed by atoms with E-state index in [0.717, 1.165) is 10.0 Å². The molecule has 2 rings (SSSR count). The lowest BCUT2D eigenvalue weighted by Gasteiger charge is -2.16. The van der Waals surface area contributed by atoms with E-state index < -0.39 is 6.10 Å². The second-order valence-electron chi connectivity index (χ2n) is 5.00. The summed E-state index contributed by atoms with van der Waals surface area (Å²) in [5, 5.41) is 3.34. The van der Waals surface area contributed by atoms with E-state index in [9.17, 15) is 4.79 Å². The number of benzene rings is 2. The number of carbonyl (C=O) groups excluding carboxylic acids is 1. The number of amides is 1. The minimum absolute atomic E-state index is 0.321. The van der Waals surface area contributed by atoms with Gasteiger partial charge in [0.25, 0.3) is 5.91 Å². The Morgan fingerprint density at radius 2 is 1.92 bits per heavy atom. The van der Waals surface area contributed by atoms with E-state index in [4.69, 9.17) is 17.0 Å². The first-order valence-corrected chi connectivity index (χ1v) is 8.54. The van der Waals surface area contributed by atoms with Crippen molar-refractivity contribution in [2.45, 2.75) is 19.6 Å². The SMILES string of the molecule is C[C@@H](Oc1cccc(Br)c1)C(=O)NNC(=S)NCc1ccccc1. The average molecular weight is 408 g/mol. The molecule has 0 radical (unpaired) electrons. The first-order valence-electron chi connectivity index (χ1n) is 7.34. The molecule has 2 aromatic carbocycles. The van der Waals surface area contributed by atoms with Crippen molar-refractivity contribution < 1.29 is 9.53 Å². The summed E-state index contributed by atoms with van der Waals surface area (Å²) in [5.74, 6) is 0.288. The zero-order valence-electron chi connectivity index (χ0n) is 13.1. The van der Waals surface area contributed by atoms with Crippen LogP contribution in [0.2, 0.25) is 0 Å². The van der Waals surface area contributed by atoms with E-state index in [2.05, 4.69) is 32.1 Å². The molecule has 7 heteroatoms. The van der Waals surface area contributed by atoms with Gasteiger partial charge in [0.05, 0.1) is 0 Å². The maximum Gasteiger partial charge on any atom is 0.279 e. The van der Waals surface area contributed by atoms with E-state index in [1.54, 1.807) is 19.1 Å². The molecule has 0 saturated heterocycles. The number of hydrogen-bond donors (Lipinski definition) is 3. The molecule has 0 spiro atoms. The number of ether oxygens (including phenoxy) is 1. The topological polar surface area (TPSA) is 62.4 Å². The van der Waals surface area contributed by atoms with Crippen molar-refractivity contribution in [3.63, 3.8) is 0 Å². The summed E-state index contributed by atoms with van der Waals surface area (Å²) >= 11 is 8.48. The molecule has 126 valence electrons. The van der Waals surface area contributed by atoms with Gasteiger partial charge in [0.2, 0.25) is 0 Å². The third-order valence-corrected chi connectivity index (χ3v) is 3.81. The van der Waals surface area contributed by atoms with Crippen molar-refractivity contribution in [1.82, 2.24) is 16.2 Å². The first kappa shape index (κ1) is 18.2. The van der Waals surface area contributed by atoms with Crippen LogP contribution in [0, 0.1) is 0 Å². The Morgan fingerprint density at radius 1 is 1.17 bits per heavy atom. The zero-order valence-corrected chi connectivity index (χ0v) is 15.5. The summed E-state index contributed by atoms with van der Waals surface area (Å²) in [7, 11) is 0. The fourth-order valence-corrected chi connectivity index (χ4v) is 2.34. The summed E-state index contributed by atoms with van der Waals surface area (Å²) in [5.41, 5.74) is 6.28. The van der Waals surface area contributed by atoms with Gasteiger partial charge in [-0.2, -0.15) is 0 Å². The van der Waals surface area contributed by atoms with Gasteiger partial charge >= 0.3 is 0 Å². The van der Waals surface area contributed by atoms with E-state index in [1.807, 2.05) is 42.5 Å². The number of halogens is 1. The summed E-state index contributed by atoms with van der Waals surface area (Å²) in [6.07, 6.45) is -0.663. The Morgan fingerprint density at radius 3 is 2.62 bits per heavy atom. The molecule has 1 atom stereocenters. The fraction of sp³-hybridized carbons (Fsp3) is 0.176. The van der Waals surface area contributed by atoms with Crippen LogP contribution < -0.4 is 20.9 Å². The highest BCUT2D eigenvalue weighted by molar-refractivity contribution is 9.10. The molecule has 2 aromatic rings. The molecule has 0 aliphatic carbocycles. The summed E-state index contributed by atoms with van der Waals surface area (Å²) in [6, 6.07) is 17.1. The van der Waals surface area contributed by atoms with Gasteiger partial charge in [0.15, 0.2) is 11.2 Å². The lowest BCUT2D eigenvalue weighted by molar-refractivity contribution is -0.127. The van der Waals surface area contributed by atoms with E-state index in [-0.39, 0.29) is 5.91 Å². The highest BCUT2D eigenvalue weighted by Crippen LogP contribution is 2.18. The van der Waals surface area contributed by atoms with Gasteiger partial charge in [-0.25, -0.2) is 0 Å². The summed E-state index contributed by atoms with van der Waals surface area (Å²) in [6.45, 7) is 2.24. The number of hydrazine groups is 1. The zero-order chi connectivity index (χ0) is 17.4. The highest BCUT2D eigenvalue weighted by Gasteiger charge is 2.14. The van der Waals surface area contributed by atoms with Crippen LogP contribution in [0.3, 0.4) is 0 Å². The highest BCUT2D eigenvalue weighted by atomic mass is 79.9. The smallest absolute Gasteiger partial charge is 0.279 e. The number of thiocarbonyl (C=S) groups is 1. The number of carbonyl (C=O) groups is 1. The Kier molecular flexibility index (Phi) is 7.02. The number of nitrogens with one attached hydrogen (secondary N) is 3. The summed E-state index contributed by atoms with van der Waals surface area (Å²) < 4.78 is 6.46. The van der Waals surface area contributed by atoms with Crippen LogP contribution in [0.4, 0.5) is 0 Å². The molecule has 24 heavy (non-hydrogen) atoms. The molecular weight excluding hydrogens is 390 g/mol. The second kappa shape index (κ2) is 9.24. The number of hydrogen-bond acceptors (Lipinski definition) is 3. The van der Waals surface area contributed by atoms with Crippen LogP contribution in [0.1, 0.15) is 12.5 Å². The first-order chi connectivity index (χ1) is 11.5. The fourth-order valence-electron chi connectivity index (χ4n) is 1.84. The standard InChI is InChI=1S/C17H18BrN3O2S/c1-12(23-15-9-5-8-14(18)10-15)16(22)20-21-17(24)19-11-13-6-3-2-4-7-13/h2-10,12H,11H2,1H3,(H,20,22)(H2,19,21,24)/t12-/m1/s1. The Balaban J connectivity index is 1.72. The molecule has 0 bridgehead atoms. The van der Waals surface area contributed by atoms with Gasteiger partial charge in [-0.3, -0.25) is 15.6 Å².